The van der Waals surface area contributed by atoms with Crippen LogP contribution in [0.5, 0.6) is 0 Å². The van der Waals surface area contributed by atoms with Crippen molar-refractivity contribution >= 4 is 27.0 Å². The van der Waals surface area contributed by atoms with Crippen LogP contribution in [-0.2, 0) is 23.0 Å². The van der Waals surface area contributed by atoms with Gasteiger partial charge in [-0.2, -0.15) is 0 Å². The van der Waals surface area contributed by atoms with E-state index in [-0.39, 0.29) is 0 Å². The molecule has 1 aromatic carbocycles. The molecule has 0 spiro atoms. The number of nitrogens with zero attached hydrogens (tertiary/aromatic N) is 1. The quantitative estimate of drug-likeness (QED) is 0.856. The van der Waals surface area contributed by atoms with Crippen LogP contribution < -0.4 is 10.0 Å². The van der Waals surface area contributed by atoms with Crippen molar-refractivity contribution in [1.29, 1.82) is 0 Å². The average Bonchev–Trinajstić information content (AvgIpc) is 2.94. The normalized spacial score (nSPS) is 11.6. The molecule has 7 heteroatoms. The minimum absolute atomic E-state index is 0.300. The minimum Gasteiger partial charge on any atom is -0.380 e. The largest absolute Gasteiger partial charge is 0.380 e. The van der Waals surface area contributed by atoms with Crippen molar-refractivity contribution in [2.45, 2.75) is 31.7 Å². The topological polar surface area (TPSA) is 71.1 Å². The molecule has 0 atom stereocenters. The third-order valence-electron chi connectivity index (χ3n) is 3.12. The van der Waals surface area contributed by atoms with Crippen LogP contribution in [0.2, 0.25) is 0 Å². The highest BCUT2D eigenvalue weighted by atomic mass is 32.2. The smallest absolute Gasteiger partial charge is 0.240 e. The van der Waals surface area contributed by atoms with Crippen LogP contribution in [0, 0.1) is 6.92 Å². The molecule has 0 saturated heterocycles. The Kier molecular flexibility index (Phi) is 4.97. The van der Waals surface area contributed by atoms with E-state index in [0.29, 0.717) is 11.4 Å². The lowest BCUT2D eigenvalue weighted by molar-refractivity contribution is 0.587. The van der Waals surface area contributed by atoms with Crippen LogP contribution in [0.4, 0.5) is 5.69 Å². The minimum atomic E-state index is -3.43. The molecule has 2 rings (SSSR count). The summed E-state index contributed by atoms with van der Waals surface area (Å²) in [5.74, 6) is 0. The van der Waals surface area contributed by atoms with Crippen molar-refractivity contribution in [2.24, 2.45) is 0 Å². The molecule has 0 amide bonds. The summed E-state index contributed by atoms with van der Waals surface area (Å²) in [6, 6.07) is 5.34. The molecule has 1 heterocycles. The van der Waals surface area contributed by atoms with Gasteiger partial charge in [0.05, 0.1) is 16.4 Å². The molecule has 0 unspecified atom stereocenters. The molecule has 2 N–H and O–H groups in total. The standard InChI is InChI=1S/C14H19N3O2S2/c1-4-14-17-9-12(20-14)8-16-11-6-5-10(2)13(7-11)21(18,19)15-3/h5-7,9,15-16H,4,8H2,1-3H3. The Bertz CT molecular complexity index is 724. The maximum absolute atomic E-state index is 11.9. The van der Waals surface area contributed by atoms with Crippen LogP contribution >= 0.6 is 11.3 Å². The second-order valence-electron chi connectivity index (χ2n) is 4.62. The van der Waals surface area contributed by atoms with Crippen molar-refractivity contribution in [2.75, 3.05) is 12.4 Å². The number of hydrogen-bond acceptors (Lipinski definition) is 5. The van der Waals surface area contributed by atoms with E-state index in [1.54, 1.807) is 30.4 Å². The van der Waals surface area contributed by atoms with E-state index in [0.717, 1.165) is 27.6 Å². The number of aryl methyl sites for hydroxylation is 2. The number of sulfonamides is 1. The molecule has 0 saturated carbocycles. The predicted molar refractivity (Wildman–Crippen MR) is 86.2 cm³/mol. The lowest BCUT2D eigenvalue weighted by Crippen LogP contribution is -2.19. The lowest BCUT2D eigenvalue weighted by atomic mass is 10.2. The van der Waals surface area contributed by atoms with Gasteiger partial charge < -0.3 is 5.32 Å². The summed E-state index contributed by atoms with van der Waals surface area (Å²) in [7, 11) is -2.02. The van der Waals surface area contributed by atoms with Gasteiger partial charge >= 0.3 is 0 Å². The molecule has 0 fully saturated rings. The molecule has 21 heavy (non-hydrogen) atoms. The van der Waals surface area contributed by atoms with Gasteiger partial charge in [0.25, 0.3) is 0 Å². The molecule has 5 nitrogen and oxygen atoms in total. The fourth-order valence-electron chi connectivity index (χ4n) is 1.89. The first kappa shape index (κ1) is 15.9. The maximum atomic E-state index is 11.9. The molecule has 0 radical (unpaired) electrons. The molecule has 0 aliphatic rings. The number of benzene rings is 1. The zero-order valence-electron chi connectivity index (χ0n) is 12.3. The Morgan fingerprint density at radius 1 is 1.33 bits per heavy atom. The summed E-state index contributed by atoms with van der Waals surface area (Å²) in [4.78, 5) is 5.73. The summed E-state index contributed by atoms with van der Waals surface area (Å²) >= 11 is 1.67. The first-order valence-electron chi connectivity index (χ1n) is 6.68. The van der Waals surface area contributed by atoms with Gasteiger partial charge in [-0.25, -0.2) is 18.1 Å². The second kappa shape index (κ2) is 6.55. The van der Waals surface area contributed by atoms with Gasteiger partial charge in [0, 0.05) is 16.8 Å². The number of anilines is 1. The monoisotopic (exact) mass is 325 g/mol. The van der Waals surface area contributed by atoms with Crippen molar-refractivity contribution in [1.82, 2.24) is 9.71 Å². The Labute approximate surface area is 129 Å². The van der Waals surface area contributed by atoms with Gasteiger partial charge in [0.2, 0.25) is 10.0 Å². The van der Waals surface area contributed by atoms with Crippen LogP contribution in [0.25, 0.3) is 0 Å². The van der Waals surface area contributed by atoms with E-state index in [2.05, 4.69) is 21.9 Å². The Morgan fingerprint density at radius 2 is 2.10 bits per heavy atom. The van der Waals surface area contributed by atoms with Crippen LogP contribution in [0.1, 0.15) is 22.4 Å². The summed E-state index contributed by atoms with van der Waals surface area (Å²) < 4.78 is 26.2. The Hall–Kier alpha value is -1.44. The molecule has 2 aromatic rings. The van der Waals surface area contributed by atoms with Gasteiger partial charge in [-0.05, 0) is 38.1 Å². The zero-order chi connectivity index (χ0) is 15.5. The van der Waals surface area contributed by atoms with Crippen molar-refractivity contribution in [3.63, 3.8) is 0 Å². The molecule has 0 aliphatic carbocycles. The third kappa shape index (κ3) is 3.81. The Balaban J connectivity index is 2.16. The maximum Gasteiger partial charge on any atom is 0.240 e. The van der Waals surface area contributed by atoms with Gasteiger partial charge in [0.15, 0.2) is 0 Å². The zero-order valence-corrected chi connectivity index (χ0v) is 13.9. The summed E-state index contributed by atoms with van der Waals surface area (Å²) in [6.07, 6.45) is 2.79. The van der Waals surface area contributed by atoms with Crippen LogP contribution in [0.3, 0.4) is 0 Å². The highest BCUT2D eigenvalue weighted by Crippen LogP contribution is 2.21. The van der Waals surface area contributed by atoms with E-state index >= 15 is 0 Å². The first-order valence-corrected chi connectivity index (χ1v) is 8.98. The van der Waals surface area contributed by atoms with Gasteiger partial charge in [-0.1, -0.05) is 13.0 Å². The van der Waals surface area contributed by atoms with Crippen molar-refractivity contribution in [3.8, 4) is 0 Å². The number of thiazole rings is 1. The number of nitrogens with one attached hydrogen (secondary N) is 2. The van der Waals surface area contributed by atoms with E-state index < -0.39 is 10.0 Å². The van der Waals surface area contributed by atoms with Gasteiger partial charge in [0.1, 0.15) is 0 Å². The van der Waals surface area contributed by atoms with E-state index in [1.165, 1.54) is 7.05 Å². The summed E-state index contributed by atoms with van der Waals surface area (Å²) in [5, 5.41) is 4.35. The second-order valence-corrected chi connectivity index (χ2v) is 7.67. The Morgan fingerprint density at radius 3 is 2.71 bits per heavy atom. The highest BCUT2D eigenvalue weighted by molar-refractivity contribution is 7.89. The first-order chi connectivity index (χ1) is 9.96. The third-order valence-corrected chi connectivity index (χ3v) is 5.81. The number of aromatic nitrogens is 1. The fourth-order valence-corrected chi connectivity index (χ4v) is 3.69. The predicted octanol–water partition coefficient (Wildman–Crippen LogP) is 2.53. The molecular formula is C14H19N3O2S2. The average molecular weight is 325 g/mol. The van der Waals surface area contributed by atoms with Gasteiger partial charge in [-0.3, -0.25) is 0 Å². The molecular weight excluding hydrogens is 306 g/mol. The lowest BCUT2D eigenvalue weighted by Gasteiger charge is -2.10. The van der Waals surface area contributed by atoms with Gasteiger partial charge in [-0.15, -0.1) is 11.3 Å². The number of hydrogen-bond donors (Lipinski definition) is 2. The molecule has 114 valence electrons. The summed E-state index contributed by atoms with van der Waals surface area (Å²) in [6.45, 7) is 4.50. The SMILES string of the molecule is CCc1ncc(CNc2ccc(C)c(S(=O)(=O)NC)c2)s1. The van der Waals surface area contributed by atoms with Crippen LogP contribution in [-0.4, -0.2) is 20.4 Å². The van der Waals surface area contributed by atoms with E-state index in [9.17, 15) is 8.42 Å². The molecule has 1 aromatic heterocycles. The highest BCUT2D eigenvalue weighted by Gasteiger charge is 2.15. The van der Waals surface area contributed by atoms with Crippen molar-refractivity contribution < 1.29 is 8.42 Å². The fraction of sp³-hybridized carbons (Fsp3) is 0.357. The number of rotatable bonds is 6. The van der Waals surface area contributed by atoms with Crippen LogP contribution in [0.15, 0.2) is 29.3 Å². The van der Waals surface area contributed by atoms with Crippen molar-refractivity contribution in [3.05, 3.63) is 39.8 Å². The van der Waals surface area contributed by atoms with E-state index in [1.807, 2.05) is 12.3 Å². The van der Waals surface area contributed by atoms with E-state index in [4.69, 9.17) is 0 Å². The molecule has 0 aliphatic heterocycles. The molecule has 0 bridgehead atoms. The summed E-state index contributed by atoms with van der Waals surface area (Å²) in [5.41, 5.74) is 1.50.